The summed E-state index contributed by atoms with van der Waals surface area (Å²) in [6, 6.07) is -0.474. The second-order valence-electron chi connectivity index (χ2n) is 2.20. The third-order valence-corrected chi connectivity index (χ3v) is 1.25. The van der Waals surface area contributed by atoms with E-state index in [2.05, 4.69) is 25.7 Å². The Bertz CT molecular complexity index is 284. The number of carbonyl (C=O) groups is 1. The van der Waals surface area contributed by atoms with E-state index in [0.29, 0.717) is 12.6 Å². The summed E-state index contributed by atoms with van der Waals surface area (Å²) < 4.78 is 1.44. The van der Waals surface area contributed by atoms with Crippen molar-refractivity contribution in [1.82, 2.24) is 20.2 Å². The smallest absolute Gasteiger partial charge is 0.275 e. The minimum Gasteiger partial charge on any atom is -0.275 e. The minimum atomic E-state index is -0.474. The molecule has 0 saturated carbocycles. The SMILES string of the molecule is CCONC(=O)Nc1ncnn1C. The molecule has 0 radical (unpaired) electrons. The van der Waals surface area contributed by atoms with Crippen molar-refractivity contribution in [3.63, 3.8) is 0 Å². The third kappa shape index (κ3) is 2.71. The zero-order chi connectivity index (χ0) is 9.68. The van der Waals surface area contributed by atoms with Crippen LogP contribution in [0.25, 0.3) is 0 Å². The summed E-state index contributed by atoms with van der Waals surface area (Å²) in [6.45, 7) is 2.18. The molecule has 2 N–H and O–H groups in total. The molecule has 1 rings (SSSR count). The maximum atomic E-state index is 11.0. The van der Waals surface area contributed by atoms with Gasteiger partial charge in [-0.05, 0) is 6.92 Å². The van der Waals surface area contributed by atoms with Crippen LogP contribution in [0.2, 0.25) is 0 Å². The zero-order valence-electron chi connectivity index (χ0n) is 7.44. The number of nitrogens with zero attached hydrogens (tertiary/aromatic N) is 3. The van der Waals surface area contributed by atoms with Gasteiger partial charge in [-0.1, -0.05) is 0 Å². The van der Waals surface area contributed by atoms with Crippen molar-refractivity contribution in [2.45, 2.75) is 6.92 Å². The number of rotatable bonds is 3. The molecule has 0 bridgehead atoms. The number of hydrogen-bond acceptors (Lipinski definition) is 4. The lowest BCUT2D eigenvalue weighted by atomic mass is 10.9. The van der Waals surface area contributed by atoms with Crippen molar-refractivity contribution in [3.8, 4) is 0 Å². The predicted molar refractivity (Wildman–Crippen MR) is 44.8 cm³/mol. The summed E-state index contributed by atoms with van der Waals surface area (Å²) in [7, 11) is 1.67. The number of amides is 2. The van der Waals surface area contributed by atoms with E-state index >= 15 is 0 Å². The molecular formula is C6H11N5O2. The summed E-state index contributed by atoms with van der Waals surface area (Å²) >= 11 is 0. The molecule has 13 heavy (non-hydrogen) atoms. The van der Waals surface area contributed by atoms with Crippen LogP contribution < -0.4 is 10.8 Å². The molecule has 7 nitrogen and oxygen atoms in total. The molecular weight excluding hydrogens is 174 g/mol. The lowest BCUT2D eigenvalue weighted by Crippen LogP contribution is -2.29. The molecule has 0 atom stereocenters. The Balaban J connectivity index is 2.41. The predicted octanol–water partition coefficient (Wildman–Crippen LogP) is -0.112. The highest BCUT2D eigenvalue weighted by atomic mass is 16.7. The van der Waals surface area contributed by atoms with Gasteiger partial charge in [0.25, 0.3) is 0 Å². The number of anilines is 1. The number of urea groups is 1. The van der Waals surface area contributed by atoms with E-state index in [1.54, 1.807) is 14.0 Å². The van der Waals surface area contributed by atoms with Gasteiger partial charge >= 0.3 is 6.03 Å². The second-order valence-corrected chi connectivity index (χ2v) is 2.20. The molecule has 0 aliphatic rings. The molecule has 7 heteroatoms. The Hall–Kier alpha value is -1.63. The van der Waals surface area contributed by atoms with Crippen LogP contribution in [0.3, 0.4) is 0 Å². The van der Waals surface area contributed by atoms with E-state index in [1.807, 2.05) is 0 Å². The molecule has 0 aliphatic heterocycles. The Morgan fingerprint density at radius 2 is 2.54 bits per heavy atom. The molecule has 0 fully saturated rings. The van der Waals surface area contributed by atoms with Crippen LogP contribution >= 0.6 is 0 Å². The fourth-order valence-electron chi connectivity index (χ4n) is 0.674. The summed E-state index contributed by atoms with van der Waals surface area (Å²) in [4.78, 5) is 19.4. The molecule has 1 heterocycles. The van der Waals surface area contributed by atoms with E-state index in [0.717, 1.165) is 0 Å². The van der Waals surface area contributed by atoms with Crippen LogP contribution in [0, 0.1) is 0 Å². The number of carbonyl (C=O) groups excluding carboxylic acids is 1. The first-order chi connectivity index (χ1) is 6.24. The number of nitrogens with one attached hydrogen (secondary N) is 2. The number of aromatic nitrogens is 3. The molecule has 0 unspecified atom stereocenters. The van der Waals surface area contributed by atoms with Gasteiger partial charge in [0.1, 0.15) is 6.33 Å². The zero-order valence-corrected chi connectivity index (χ0v) is 7.44. The highest BCUT2D eigenvalue weighted by Crippen LogP contribution is 1.96. The van der Waals surface area contributed by atoms with E-state index in [-0.39, 0.29) is 0 Å². The standard InChI is InChI=1S/C6H11N5O2/c1-3-13-10-6(12)9-5-7-4-8-11(5)2/h4H,3H2,1-2H3,(H2,7,8,9,10,12). The fourth-order valence-corrected chi connectivity index (χ4v) is 0.674. The molecule has 0 aromatic carbocycles. The van der Waals surface area contributed by atoms with Gasteiger partial charge in [-0.15, -0.1) is 0 Å². The number of hydroxylamine groups is 1. The summed E-state index contributed by atoms with van der Waals surface area (Å²) in [6.07, 6.45) is 1.34. The molecule has 0 saturated heterocycles. The quantitative estimate of drug-likeness (QED) is 0.644. The van der Waals surface area contributed by atoms with Crippen molar-refractivity contribution < 1.29 is 9.63 Å². The maximum absolute atomic E-state index is 11.0. The van der Waals surface area contributed by atoms with Gasteiger partial charge in [-0.2, -0.15) is 10.1 Å². The second kappa shape index (κ2) is 4.41. The first-order valence-electron chi connectivity index (χ1n) is 3.76. The third-order valence-electron chi connectivity index (χ3n) is 1.25. The van der Waals surface area contributed by atoms with Crippen LogP contribution in [-0.4, -0.2) is 27.4 Å². The van der Waals surface area contributed by atoms with Crippen LogP contribution in [0.15, 0.2) is 6.33 Å². The molecule has 0 aliphatic carbocycles. The van der Waals surface area contributed by atoms with Gasteiger partial charge in [-0.25, -0.2) is 15.0 Å². The molecule has 72 valence electrons. The molecule has 2 amide bonds. The van der Waals surface area contributed by atoms with Gasteiger partial charge in [0.2, 0.25) is 5.95 Å². The van der Waals surface area contributed by atoms with Gasteiger partial charge in [0.15, 0.2) is 0 Å². The highest BCUT2D eigenvalue weighted by Gasteiger charge is 2.04. The summed E-state index contributed by atoms with van der Waals surface area (Å²) in [5, 5.41) is 6.21. The fraction of sp³-hybridized carbons (Fsp3) is 0.500. The van der Waals surface area contributed by atoms with Crippen LogP contribution in [0.5, 0.6) is 0 Å². The summed E-state index contributed by atoms with van der Waals surface area (Å²) in [5.41, 5.74) is 2.17. The minimum absolute atomic E-state index is 0.359. The van der Waals surface area contributed by atoms with Gasteiger partial charge < -0.3 is 0 Å². The van der Waals surface area contributed by atoms with Gasteiger partial charge in [0, 0.05) is 7.05 Å². The largest absolute Gasteiger partial charge is 0.345 e. The van der Waals surface area contributed by atoms with Crippen molar-refractivity contribution in [2.24, 2.45) is 7.05 Å². The molecule has 1 aromatic rings. The first kappa shape index (κ1) is 9.46. The van der Waals surface area contributed by atoms with E-state index < -0.39 is 6.03 Å². The summed E-state index contributed by atoms with van der Waals surface area (Å²) in [5.74, 6) is 0.359. The van der Waals surface area contributed by atoms with Crippen LogP contribution in [-0.2, 0) is 11.9 Å². The van der Waals surface area contributed by atoms with E-state index in [4.69, 9.17) is 0 Å². The van der Waals surface area contributed by atoms with E-state index in [9.17, 15) is 4.79 Å². The normalized spacial score (nSPS) is 9.69. The Morgan fingerprint density at radius 3 is 3.08 bits per heavy atom. The lowest BCUT2D eigenvalue weighted by Gasteiger charge is -2.04. The Kier molecular flexibility index (Phi) is 3.21. The van der Waals surface area contributed by atoms with Crippen LogP contribution in [0.4, 0.5) is 10.7 Å². The topological polar surface area (TPSA) is 81.1 Å². The average molecular weight is 185 g/mol. The number of hydrogen-bond donors (Lipinski definition) is 2. The van der Waals surface area contributed by atoms with E-state index in [1.165, 1.54) is 11.0 Å². The highest BCUT2D eigenvalue weighted by molar-refractivity contribution is 5.86. The monoisotopic (exact) mass is 185 g/mol. The van der Waals surface area contributed by atoms with Gasteiger partial charge in [0.05, 0.1) is 6.61 Å². The van der Waals surface area contributed by atoms with Crippen molar-refractivity contribution in [2.75, 3.05) is 11.9 Å². The van der Waals surface area contributed by atoms with Crippen molar-refractivity contribution in [3.05, 3.63) is 6.33 Å². The average Bonchev–Trinajstić information content (AvgIpc) is 2.48. The lowest BCUT2D eigenvalue weighted by molar-refractivity contribution is 0.0757. The number of aryl methyl sites for hydroxylation is 1. The molecule has 1 aromatic heterocycles. The van der Waals surface area contributed by atoms with Crippen molar-refractivity contribution >= 4 is 12.0 Å². The Morgan fingerprint density at radius 1 is 1.77 bits per heavy atom. The van der Waals surface area contributed by atoms with Crippen LogP contribution in [0.1, 0.15) is 6.92 Å². The molecule has 0 spiro atoms. The van der Waals surface area contributed by atoms with Gasteiger partial charge in [-0.3, -0.25) is 10.2 Å². The Labute approximate surface area is 75.0 Å². The van der Waals surface area contributed by atoms with Crippen molar-refractivity contribution in [1.29, 1.82) is 0 Å². The maximum Gasteiger partial charge on any atom is 0.345 e. The first-order valence-corrected chi connectivity index (χ1v) is 3.76.